The lowest BCUT2D eigenvalue weighted by Gasteiger charge is -2.09. The summed E-state index contributed by atoms with van der Waals surface area (Å²) < 4.78 is 1.64. The smallest absolute Gasteiger partial charge is 0.241 e. The van der Waals surface area contributed by atoms with Gasteiger partial charge in [-0.1, -0.05) is 30.3 Å². The Labute approximate surface area is 141 Å². The highest BCUT2D eigenvalue weighted by Crippen LogP contribution is 2.35. The van der Waals surface area contributed by atoms with Crippen LogP contribution >= 0.6 is 0 Å². The van der Waals surface area contributed by atoms with Crippen LogP contribution in [-0.2, 0) is 11.3 Å². The Kier molecular flexibility index (Phi) is 4.71. The maximum absolute atomic E-state index is 12.0. The fourth-order valence-corrected chi connectivity index (χ4v) is 2.50. The maximum Gasteiger partial charge on any atom is 0.241 e. The lowest BCUT2D eigenvalue weighted by atomic mass is 10.0. The van der Waals surface area contributed by atoms with Crippen LogP contribution in [0.2, 0.25) is 0 Å². The van der Waals surface area contributed by atoms with Gasteiger partial charge in [0.25, 0.3) is 0 Å². The molecule has 0 radical (unpaired) electrons. The molecular weight excluding hydrogens is 302 g/mol. The minimum atomic E-state index is -0.355. The van der Waals surface area contributed by atoms with Gasteiger partial charge in [-0.25, -0.2) is 0 Å². The zero-order valence-electron chi connectivity index (χ0n) is 13.4. The van der Waals surface area contributed by atoms with Crippen LogP contribution < -0.4 is 5.32 Å². The molecule has 6 heteroatoms. The van der Waals surface area contributed by atoms with Crippen LogP contribution in [-0.4, -0.2) is 27.9 Å². The Balaban J connectivity index is 1.44. The van der Waals surface area contributed by atoms with E-state index in [1.54, 1.807) is 10.9 Å². The highest BCUT2D eigenvalue weighted by molar-refractivity contribution is 5.75. The van der Waals surface area contributed by atoms with Crippen LogP contribution in [0, 0.1) is 12.3 Å². The molecule has 24 heavy (non-hydrogen) atoms. The van der Waals surface area contributed by atoms with Gasteiger partial charge in [0.15, 0.2) is 5.66 Å². The van der Waals surface area contributed by atoms with Crippen molar-refractivity contribution in [1.82, 2.24) is 15.1 Å². The van der Waals surface area contributed by atoms with Crippen molar-refractivity contribution in [2.24, 2.45) is 10.2 Å². The van der Waals surface area contributed by atoms with E-state index in [2.05, 4.69) is 26.6 Å². The molecule has 1 aliphatic rings. The fraction of sp³-hybridized carbons (Fsp3) is 0.333. The Hall–Kier alpha value is -2.94. The van der Waals surface area contributed by atoms with Crippen LogP contribution in [0.5, 0.6) is 0 Å². The number of carbonyl (C=O) groups excluding carboxylic acids is 1. The van der Waals surface area contributed by atoms with E-state index >= 15 is 0 Å². The SMILES string of the molecule is C#CCCC1(CCNC(=O)Cn2cc(-c3ccccc3)cn2)N=N1. The van der Waals surface area contributed by atoms with Crippen molar-refractivity contribution < 1.29 is 4.79 Å². The summed E-state index contributed by atoms with van der Waals surface area (Å²) in [6.07, 6.45) is 11.0. The Morgan fingerprint density at radius 1 is 1.21 bits per heavy atom. The van der Waals surface area contributed by atoms with Crippen LogP contribution in [0.3, 0.4) is 0 Å². The van der Waals surface area contributed by atoms with E-state index in [-0.39, 0.29) is 18.1 Å². The molecule has 1 N–H and O–H groups in total. The van der Waals surface area contributed by atoms with Gasteiger partial charge in [0, 0.05) is 37.6 Å². The maximum atomic E-state index is 12.0. The van der Waals surface area contributed by atoms with Gasteiger partial charge in [0.1, 0.15) is 6.54 Å². The topological polar surface area (TPSA) is 71.6 Å². The van der Waals surface area contributed by atoms with Gasteiger partial charge < -0.3 is 5.32 Å². The number of hydrogen-bond donors (Lipinski definition) is 1. The van der Waals surface area contributed by atoms with E-state index in [1.807, 2.05) is 36.5 Å². The number of carbonyl (C=O) groups is 1. The molecule has 1 aromatic heterocycles. The summed E-state index contributed by atoms with van der Waals surface area (Å²) in [5.74, 6) is 2.51. The van der Waals surface area contributed by atoms with Crippen molar-refractivity contribution in [2.75, 3.05) is 6.54 Å². The van der Waals surface area contributed by atoms with Gasteiger partial charge >= 0.3 is 0 Å². The van der Waals surface area contributed by atoms with Crippen molar-refractivity contribution in [3.8, 4) is 23.5 Å². The number of terminal acetylenes is 1. The molecule has 0 bridgehead atoms. The van der Waals surface area contributed by atoms with Gasteiger partial charge in [0.05, 0.1) is 6.20 Å². The molecule has 0 atom stereocenters. The summed E-state index contributed by atoms with van der Waals surface area (Å²) in [4.78, 5) is 12.0. The zero-order valence-corrected chi connectivity index (χ0v) is 13.4. The van der Waals surface area contributed by atoms with Crippen molar-refractivity contribution >= 4 is 5.91 Å². The molecule has 3 rings (SSSR count). The van der Waals surface area contributed by atoms with Crippen molar-refractivity contribution in [3.05, 3.63) is 42.7 Å². The number of nitrogens with one attached hydrogen (secondary N) is 1. The van der Waals surface area contributed by atoms with Crippen molar-refractivity contribution in [3.63, 3.8) is 0 Å². The van der Waals surface area contributed by atoms with Gasteiger partial charge in [-0.2, -0.15) is 15.3 Å². The third kappa shape index (κ3) is 4.07. The van der Waals surface area contributed by atoms with Gasteiger partial charge in [0.2, 0.25) is 5.91 Å². The van der Waals surface area contributed by atoms with Crippen LogP contribution in [0.15, 0.2) is 53.0 Å². The van der Waals surface area contributed by atoms with Gasteiger partial charge in [-0.15, -0.1) is 12.3 Å². The van der Waals surface area contributed by atoms with E-state index in [4.69, 9.17) is 6.42 Å². The zero-order chi connectivity index (χ0) is 16.8. The first kappa shape index (κ1) is 15.9. The molecular formula is C18H19N5O. The molecule has 122 valence electrons. The monoisotopic (exact) mass is 321 g/mol. The lowest BCUT2D eigenvalue weighted by Crippen LogP contribution is -2.31. The normalized spacial score (nSPS) is 14.1. The predicted molar refractivity (Wildman–Crippen MR) is 90.9 cm³/mol. The fourth-order valence-electron chi connectivity index (χ4n) is 2.50. The molecule has 1 aromatic carbocycles. The van der Waals surface area contributed by atoms with Crippen molar-refractivity contribution in [2.45, 2.75) is 31.5 Å². The second-order valence-electron chi connectivity index (χ2n) is 5.78. The third-order valence-electron chi connectivity index (χ3n) is 3.95. The molecule has 0 saturated carbocycles. The molecule has 0 unspecified atom stereocenters. The standard InChI is InChI=1S/C18H19N5O/c1-2-3-9-18(21-22-18)10-11-19-17(24)14-23-13-16(12-20-23)15-7-5-4-6-8-15/h1,4-8,12-13H,3,9-11,14H2,(H,19,24). The number of benzene rings is 1. The summed E-state index contributed by atoms with van der Waals surface area (Å²) in [6.45, 7) is 0.724. The van der Waals surface area contributed by atoms with E-state index in [0.29, 0.717) is 19.4 Å². The summed E-state index contributed by atoms with van der Waals surface area (Å²) in [6, 6.07) is 9.95. The molecule has 2 aromatic rings. The molecule has 0 saturated heterocycles. The van der Waals surface area contributed by atoms with Crippen molar-refractivity contribution in [1.29, 1.82) is 0 Å². The molecule has 0 fully saturated rings. The second-order valence-corrected chi connectivity index (χ2v) is 5.78. The highest BCUT2D eigenvalue weighted by Gasteiger charge is 2.38. The average molecular weight is 321 g/mol. The number of rotatable bonds is 8. The highest BCUT2D eigenvalue weighted by atomic mass is 16.2. The summed E-state index contributed by atoms with van der Waals surface area (Å²) in [5.41, 5.74) is 1.72. The predicted octanol–water partition coefficient (Wildman–Crippen LogP) is 2.63. The Bertz CT molecular complexity index is 766. The second kappa shape index (κ2) is 7.09. The number of aromatic nitrogens is 2. The van der Waals surface area contributed by atoms with Gasteiger partial charge in [-0.05, 0) is 5.56 Å². The van der Waals surface area contributed by atoms with E-state index in [0.717, 1.165) is 17.5 Å². The molecule has 1 amide bonds. The quantitative estimate of drug-likeness (QED) is 0.759. The Morgan fingerprint density at radius 3 is 2.71 bits per heavy atom. The Morgan fingerprint density at radius 2 is 2.00 bits per heavy atom. The number of amides is 1. The largest absolute Gasteiger partial charge is 0.354 e. The lowest BCUT2D eigenvalue weighted by molar-refractivity contribution is -0.121. The summed E-state index contributed by atoms with van der Waals surface area (Å²) in [7, 11) is 0. The molecule has 2 heterocycles. The van der Waals surface area contributed by atoms with Crippen LogP contribution in [0.25, 0.3) is 11.1 Å². The first-order chi connectivity index (χ1) is 11.7. The third-order valence-corrected chi connectivity index (χ3v) is 3.95. The molecule has 0 aliphatic carbocycles. The first-order valence-electron chi connectivity index (χ1n) is 7.93. The molecule has 0 spiro atoms. The summed E-state index contributed by atoms with van der Waals surface area (Å²) in [5, 5.41) is 15.2. The van der Waals surface area contributed by atoms with E-state index in [9.17, 15) is 4.79 Å². The molecule has 1 aliphatic heterocycles. The van der Waals surface area contributed by atoms with Crippen LogP contribution in [0.4, 0.5) is 0 Å². The molecule has 6 nitrogen and oxygen atoms in total. The average Bonchev–Trinajstić information content (AvgIpc) is 3.22. The minimum Gasteiger partial charge on any atom is -0.354 e. The van der Waals surface area contributed by atoms with Gasteiger partial charge in [-0.3, -0.25) is 9.48 Å². The minimum absolute atomic E-state index is 0.0783. The summed E-state index contributed by atoms with van der Waals surface area (Å²) >= 11 is 0. The van der Waals surface area contributed by atoms with E-state index < -0.39 is 0 Å². The number of nitrogens with zero attached hydrogens (tertiary/aromatic N) is 4. The number of hydrogen-bond acceptors (Lipinski definition) is 4. The first-order valence-corrected chi connectivity index (χ1v) is 7.93. The van der Waals surface area contributed by atoms with Crippen LogP contribution in [0.1, 0.15) is 19.3 Å². The van der Waals surface area contributed by atoms with E-state index in [1.165, 1.54) is 0 Å².